The number of aryl methyl sites for hydroxylation is 1. The second kappa shape index (κ2) is 4.01. The summed E-state index contributed by atoms with van der Waals surface area (Å²) >= 11 is 3.04. The average Bonchev–Trinajstić information content (AvgIpc) is 2.64. The summed E-state index contributed by atoms with van der Waals surface area (Å²) in [6.45, 7) is 1.75. The Morgan fingerprint density at radius 2 is 2.19 bits per heavy atom. The van der Waals surface area contributed by atoms with Gasteiger partial charge in [-0.2, -0.15) is 0 Å². The first-order valence-corrected chi connectivity index (χ1v) is 5.11. The predicted molar refractivity (Wildman–Crippen MR) is 58.8 cm³/mol. The molecule has 1 aromatic carbocycles. The Morgan fingerprint density at radius 3 is 2.69 bits per heavy atom. The summed E-state index contributed by atoms with van der Waals surface area (Å²) in [7, 11) is 0. The van der Waals surface area contributed by atoms with E-state index < -0.39 is 4.92 Å². The van der Waals surface area contributed by atoms with Crippen molar-refractivity contribution >= 4 is 21.6 Å². The van der Waals surface area contributed by atoms with Gasteiger partial charge >= 0.3 is 0 Å². The molecule has 0 fully saturated rings. The van der Waals surface area contributed by atoms with Crippen molar-refractivity contribution in [2.45, 2.75) is 6.92 Å². The molecule has 1 aromatic heterocycles. The van der Waals surface area contributed by atoms with Gasteiger partial charge in [0, 0.05) is 33.6 Å². The van der Waals surface area contributed by atoms with Crippen LogP contribution in [0.4, 0.5) is 5.69 Å². The van der Waals surface area contributed by atoms with Crippen LogP contribution in [-0.4, -0.2) is 15.1 Å². The van der Waals surface area contributed by atoms with Crippen LogP contribution in [0.1, 0.15) is 5.56 Å². The number of hydrogen-bond donors (Lipinski definition) is 0. The molecule has 0 aliphatic carbocycles. The minimum Gasteiger partial charge on any atom is -0.411 e. The topological polar surface area (TPSA) is 82.1 Å². The first kappa shape index (κ1) is 10.7. The molecule has 82 valence electrons. The lowest BCUT2D eigenvalue weighted by molar-refractivity contribution is -0.384. The summed E-state index contributed by atoms with van der Waals surface area (Å²) in [6.07, 6.45) is 0. The van der Waals surface area contributed by atoms with Crippen LogP contribution in [0.2, 0.25) is 0 Å². The first-order chi connectivity index (χ1) is 7.58. The number of nitrogens with zero attached hydrogens (tertiary/aromatic N) is 3. The van der Waals surface area contributed by atoms with Gasteiger partial charge in [0.25, 0.3) is 10.5 Å². The lowest BCUT2D eigenvalue weighted by Gasteiger charge is -1.99. The van der Waals surface area contributed by atoms with Crippen molar-refractivity contribution in [2.75, 3.05) is 0 Å². The van der Waals surface area contributed by atoms with Crippen LogP contribution in [0.15, 0.2) is 27.4 Å². The highest BCUT2D eigenvalue weighted by Crippen LogP contribution is 2.26. The van der Waals surface area contributed by atoms with Gasteiger partial charge in [0.2, 0.25) is 5.89 Å². The zero-order valence-electron chi connectivity index (χ0n) is 8.18. The normalized spacial score (nSPS) is 10.4. The van der Waals surface area contributed by atoms with Gasteiger partial charge in [-0.1, -0.05) is 0 Å². The molecular formula is C9H6BrN3O3. The highest BCUT2D eigenvalue weighted by Gasteiger charge is 2.13. The van der Waals surface area contributed by atoms with E-state index in [9.17, 15) is 10.1 Å². The quantitative estimate of drug-likeness (QED) is 0.625. The molecule has 1 heterocycles. The monoisotopic (exact) mass is 283 g/mol. The lowest BCUT2D eigenvalue weighted by atomic mass is 10.1. The van der Waals surface area contributed by atoms with Gasteiger partial charge in [0.15, 0.2) is 0 Å². The van der Waals surface area contributed by atoms with Gasteiger partial charge in [0.05, 0.1) is 4.92 Å². The number of benzene rings is 1. The predicted octanol–water partition coefficient (Wildman–Crippen LogP) is 2.72. The Kier molecular flexibility index (Phi) is 2.69. The molecule has 0 bridgehead atoms. The van der Waals surface area contributed by atoms with Gasteiger partial charge in [0.1, 0.15) is 0 Å². The molecule has 7 heteroatoms. The maximum Gasteiger partial charge on any atom is 0.285 e. The van der Waals surface area contributed by atoms with E-state index in [0.29, 0.717) is 17.0 Å². The molecule has 0 atom stereocenters. The Bertz CT molecular complexity index is 553. The van der Waals surface area contributed by atoms with Crippen molar-refractivity contribution in [2.24, 2.45) is 0 Å². The van der Waals surface area contributed by atoms with Crippen molar-refractivity contribution in [3.8, 4) is 11.5 Å². The molecule has 0 N–H and O–H groups in total. The number of halogens is 1. The van der Waals surface area contributed by atoms with Gasteiger partial charge in [-0.05, 0) is 18.6 Å². The third-order valence-electron chi connectivity index (χ3n) is 2.05. The lowest BCUT2D eigenvalue weighted by Crippen LogP contribution is -1.90. The van der Waals surface area contributed by atoms with Crippen LogP contribution < -0.4 is 0 Å². The number of nitro benzene ring substituents is 1. The number of hydrogen-bond acceptors (Lipinski definition) is 5. The number of non-ortho nitro benzene ring substituents is 1. The first-order valence-electron chi connectivity index (χ1n) is 4.32. The van der Waals surface area contributed by atoms with Gasteiger partial charge < -0.3 is 4.42 Å². The summed E-state index contributed by atoms with van der Waals surface area (Å²) in [6, 6.07) is 4.46. The zero-order chi connectivity index (χ0) is 11.7. The van der Waals surface area contributed by atoms with Crippen LogP contribution in [-0.2, 0) is 0 Å². The Balaban J connectivity index is 2.47. The Hall–Kier alpha value is -1.76. The summed E-state index contributed by atoms with van der Waals surface area (Å²) in [5, 5.41) is 18.0. The van der Waals surface area contributed by atoms with E-state index in [1.54, 1.807) is 13.0 Å². The van der Waals surface area contributed by atoms with Crippen molar-refractivity contribution < 1.29 is 9.34 Å². The average molecular weight is 284 g/mol. The molecule has 2 aromatic rings. The largest absolute Gasteiger partial charge is 0.411 e. The van der Waals surface area contributed by atoms with Crippen LogP contribution in [0.3, 0.4) is 0 Å². The summed E-state index contributed by atoms with van der Waals surface area (Å²) in [5.74, 6) is 0.333. The fourth-order valence-corrected chi connectivity index (χ4v) is 1.55. The third kappa shape index (κ3) is 1.94. The van der Waals surface area contributed by atoms with Crippen molar-refractivity contribution in [3.05, 3.63) is 38.7 Å². The van der Waals surface area contributed by atoms with Crippen LogP contribution >= 0.6 is 15.9 Å². The van der Waals surface area contributed by atoms with E-state index in [0.717, 1.165) is 0 Å². The number of rotatable bonds is 2. The SMILES string of the molecule is Cc1cc([N+](=O)[O-])ccc1-c1nnc(Br)o1. The van der Waals surface area contributed by atoms with E-state index in [4.69, 9.17) is 4.42 Å². The maximum absolute atomic E-state index is 10.6. The fraction of sp³-hybridized carbons (Fsp3) is 0.111. The molecule has 0 saturated heterocycles. The van der Waals surface area contributed by atoms with E-state index in [-0.39, 0.29) is 10.5 Å². The molecule has 0 saturated carbocycles. The minimum atomic E-state index is -0.444. The molecular weight excluding hydrogens is 278 g/mol. The minimum absolute atomic E-state index is 0.0415. The van der Waals surface area contributed by atoms with Gasteiger partial charge in [-0.25, -0.2) is 0 Å². The van der Waals surface area contributed by atoms with Crippen molar-refractivity contribution in [1.82, 2.24) is 10.2 Å². The molecule has 0 radical (unpaired) electrons. The van der Waals surface area contributed by atoms with E-state index >= 15 is 0 Å². The third-order valence-corrected chi connectivity index (χ3v) is 2.37. The van der Waals surface area contributed by atoms with Crippen LogP contribution in [0, 0.1) is 17.0 Å². The van der Waals surface area contributed by atoms with Crippen molar-refractivity contribution in [1.29, 1.82) is 0 Å². The van der Waals surface area contributed by atoms with Gasteiger partial charge in [-0.15, -0.1) is 10.2 Å². The van der Waals surface area contributed by atoms with E-state index in [1.165, 1.54) is 12.1 Å². The number of nitro groups is 1. The molecule has 0 aliphatic rings. The van der Waals surface area contributed by atoms with Crippen LogP contribution in [0.25, 0.3) is 11.5 Å². The molecule has 0 spiro atoms. The Morgan fingerprint density at radius 1 is 1.44 bits per heavy atom. The molecule has 6 nitrogen and oxygen atoms in total. The summed E-state index contributed by atoms with van der Waals surface area (Å²) in [5.41, 5.74) is 1.44. The highest BCUT2D eigenvalue weighted by atomic mass is 79.9. The van der Waals surface area contributed by atoms with E-state index in [1.807, 2.05) is 0 Å². The van der Waals surface area contributed by atoms with Gasteiger partial charge in [-0.3, -0.25) is 10.1 Å². The smallest absolute Gasteiger partial charge is 0.285 e. The van der Waals surface area contributed by atoms with E-state index in [2.05, 4.69) is 26.1 Å². The summed E-state index contributed by atoms with van der Waals surface area (Å²) in [4.78, 5) is 10.4. The standard InChI is InChI=1S/C9H6BrN3O3/c1-5-4-6(13(14)15)2-3-7(5)8-11-12-9(10)16-8/h2-4H,1H3. The molecule has 0 unspecified atom stereocenters. The summed E-state index contributed by atoms with van der Waals surface area (Å²) < 4.78 is 5.18. The Labute approximate surface area is 98.6 Å². The van der Waals surface area contributed by atoms with Crippen molar-refractivity contribution in [3.63, 3.8) is 0 Å². The second-order valence-corrected chi connectivity index (χ2v) is 3.79. The molecule has 0 aliphatic heterocycles. The molecule has 2 rings (SSSR count). The molecule has 16 heavy (non-hydrogen) atoms. The zero-order valence-corrected chi connectivity index (χ0v) is 9.76. The number of aromatic nitrogens is 2. The fourth-order valence-electron chi connectivity index (χ4n) is 1.32. The van der Waals surface area contributed by atoms with Crippen LogP contribution in [0.5, 0.6) is 0 Å². The molecule has 0 amide bonds. The second-order valence-electron chi connectivity index (χ2n) is 3.12. The highest BCUT2D eigenvalue weighted by molar-refractivity contribution is 9.10. The maximum atomic E-state index is 10.6.